The monoisotopic (exact) mass is 504 g/mol. The molecule has 1 aliphatic rings. The van der Waals surface area contributed by atoms with Gasteiger partial charge in [-0.05, 0) is 48.8 Å². The SMILES string of the molecule is CCC(C)C(N)C(=O)N1CCCC1C(=O)NC(Cc1ccc(O)cc1)C(=O)NC(CC(C)C)C(=O)O. The van der Waals surface area contributed by atoms with Crippen LogP contribution in [0, 0.1) is 11.8 Å². The number of hydrogen-bond donors (Lipinski definition) is 5. The van der Waals surface area contributed by atoms with E-state index >= 15 is 0 Å². The Morgan fingerprint density at radius 1 is 1.08 bits per heavy atom. The van der Waals surface area contributed by atoms with Crippen LogP contribution in [0.25, 0.3) is 0 Å². The van der Waals surface area contributed by atoms with Crippen molar-refractivity contribution in [2.75, 3.05) is 6.54 Å². The fourth-order valence-corrected chi connectivity index (χ4v) is 4.30. The quantitative estimate of drug-likeness (QED) is 0.287. The molecule has 0 radical (unpaired) electrons. The number of nitrogens with one attached hydrogen (secondary N) is 2. The van der Waals surface area contributed by atoms with Crippen LogP contribution in [0.2, 0.25) is 0 Å². The zero-order valence-electron chi connectivity index (χ0n) is 21.6. The van der Waals surface area contributed by atoms with Gasteiger partial charge >= 0.3 is 5.97 Å². The highest BCUT2D eigenvalue weighted by atomic mass is 16.4. The number of likely N-dealkylation sites (tertiary alicyclic amines) is 1. The number of aliphatic carboxylic acids is 1. The average molecular weight is 505 g/mol. The first-order valence-electron chi connectivity index (χ1n) is 12.6. The molecule has 2 rings (SSSR count). The third kappa shape index (κ3) is 7.94. The van der Waals surface area contributed by atoms with Crippen LogP contribution in [0.1, 0.15) is 58.9 Å². The number of phenols is 1. The lowest BCUT2D eigenvalue weighted by molar-refractivity contribution is -0.143. The first-order valence-corrected chi connectivity index (χ1v) is 12.6. The molecule has 0 aliphatic carbocycles. The number of amides is 3. The van der Waals surface area contributed by atoms with Gasteiger partial charge < -0.3 is 31.5 Å². The summed E-state index contributed by atoms with van der Waals surface area (Å²) in [4.78, 5) is 52.6. The number of aromatic hydroxyl groups is 1. The normalized spacial score (nSPS) is 18.8. The van der Waals surface area contributed by atoms with E-state index in [2.05, 4.69) is 10.6 Å². The fraction of sp³-hybridized carbons (Fsp3) is 0.615. The van der Waals surface area contributed by atoms with Gasteiger partial charge in [-0.25, -0.2) is 4.79 Å². The molecule has 200 valence electrons. The van der Waals surface area contributed by atoms with E-state index in [0.717, 1.165) is 6.42 Å². The molecule has 1 aromatic carbocycles. The largest absolute Gasteiger partial charge is 0.508 e. The summed E-state index contributed by atoms with van der Waals surface area (Å²) in [5.74, 6) is -2.50. The van der Waals surface area contributed by atoms with Gasteiger partial charge in [-0.2, -0.15) is 0 Å². The summed E-state index contributed by atoms with van der Waals surface area (Å²) in [5.41, 5.74) is 6.81. The van der Waals surface area contributed by atoms with Crippen LogP contribution >= 0.6 is 0 Å². The minimum Gasteiger partial charge on any atom is -0.508 e. The molecule has 1 fully saturated rings. The van der Waals surface area contributed by atoms with Gasteiger partial charge in [0.15, 0.2) is 0 Å². The third-order valence-electron chi connectivity index (χ3n) is 6.71. The molecule has 3 amide bonds. The van der Waals surface area contributed by atoms with E-state index in [1.807, 2.05) is 27.7 Å². The fourth-order valence-electron chi connectivity index (χ4n) is 4.30. The third-order valence-corrected chi connectivity index (χ3v) is 6.71. The van der Waals surface area contributed by atoms with Gasteiger partial charge in [0.25, 0.3) is 0 Å². The number of carbonyl (C=O) groups is 4. The molecule has 1 aromatic rings. The lowest BCUT2D eigenvalue weighted by Crippen LogP contribution is -2.57. The van der Waals surface area contributed by atoms with Crippen molar-refractivity contribution in [2.24, 2.45) is 17.6 Å². The molecule has 0 saturated carbocycles. The Morgan fingerprint density at radius 3 is 2.28 bits per heavy atom. The van der Waals surface area contributed by atoms with Crippen molar-refractivity contribution in [1.82, 2.24) is 15.5 Å². The Labute approximate surface area is 212 Å². The van der Waals surface area contributed by atoms with Crippen molar-refractivity contribution in [3.8, 4) is 5.75 Å². The second-order valence-electron chi connectivity index (χ2n) is 10.1. The lowest BCUT2D eigenvalue weighted by atomic mass is 9.98. The molecule has 0 aromatic heterocycles. The van der Waals surface area contributed by atoms with Gasteiger partial charge in [-0.1, -0.05) is 46.2 Å². The average Bonchev–Trinajstić information content (AvgIpc) is 3.32. The van der Waals surface area contributed by atoms with E-state index in [4.69, 9.17) is 5.73 Å². The number of rotatable bonds is 12. The molecule has 1 heterocycles. The summed E-state index contributed by atoms with van der Waals surface area (Å²) in [6.45, 7) is 7.95. The predicted molar refractivity (Wildman–Crippen MR) is 135 cm³/mol. The van der Waals surface area contributed by atoms with Crippen LogP contribution < -0.4 is 16.4 Å². The van der Waals surface area contributed by atoms with Gasteiger partial charge in [-0.15, -0.1) is 0 Å². The number of nitrogens with two attached hydrogens (primary N) is 1. The van der Waals surface area contributed by atoms with Crippen LogP contribution in [0.5, 0.6) is 5.75 Å². The number of nitrogens with zero attached hydrogens (tertiary/aromatic N) is 1. The standard InChI is InChI=1S/C26H40N4O6/c1-5-16(4)22(27)25(34)30-12-6-7-21(30)24(33)28-19(14-17-8-10-18(31)11-9-17)23(32)29-20(26(35)36)13-15(2)3/h8-11,15-16,19-22,31H,5-7,12-14,27H2,1-4H3,(H,28,33)(H,29,32)(H,35,36). The summed E-state index contributed by atoms with van der Waals surface area (Å²) in [5, 5.41) is 24.4. The minimum absolute atomic E-state index is 0.0318. The van der Waals surface area contributed by atoms with Gasteiger partial charge in [-0.3, -0.25) is 14.4 Å². The molecule has 0 spiro atoms. The lowest BCUT2D eigenvalue weighted by Gasteiger charge is -2.30. The summed E-state index contributed by atoms with van der Waals surface area (Å²) >= 11 is 0. The maximum absolute atomic E-state index is 13.3. The number of phenolic OH excluding ortho intramolecular Hbond substituents is 1. The maximum atomic E-state index is 13.3. The molecule has 6 N–H and O–H groups in total. The van der Waals surface area contributed by atoms with E-state index < -0.39 is 42.0 Å². The predicted octanol–water partition coefficient (Wildman–Crippen LogP) is 1.40. The van der Waals surface area contributed by atoms with Crippen LogP contribution in [-0.2, 0) is 25.6 Å². The molecule has 10 nitrogen and oxygen atoms in total. The van der Waals surface area contributed by atoms with Gasteiger partial charge in [0.2, 0.25) is 17.7 Å². The summed E-state index contributed by atoms with van der Waals surface area (Å²) in [6.07, 6.45) is 2.14. The van der Waals surface area contributed by atoms with Crippen molar-refractivity contribution in [1.29, 1.82) is 0 Å². The maximum Gasteiger partial charge on any atom is 0.326 e. The van der Waals surface area contributed by atoms with Gasteiger partial charge in [0, 0.05) is 13.0 Å². The van der Waals surface area contributed by atoms with Crippen LogP contribution in [0.4, 0.5) is 0 Å². The molecular formula is C26H40N4O6. The highest BCUT2D eigenvalue weighted by molar-refractivity contribution is 5.94. The second kappa shape index (κ2) is 13.2. The molecule has 1 aliphatic heterocycles. The molecule has 5 atom stereocenters. The summed E-state index contributed by atoms with van der Waals surface area (Å²) < 4.78 is 0. The Hall–Kier alpha value is -3.14. The highest BCUT2D eigenvalue weighted by Crippen LogP contribution is 2.21. The topological polar surface area (TPSA) is 162 Å². The number of benzene rings is 1. The second-order valence-corrected chi connectivity index (χ2v) is 10.1. The Morgan fingerprint density at radius 2 is 1.72 bits per heavy atom. The number of carboxylic acid groups (broad SMARTS) is 1. The van der Waals surface area contributed by atoms with Crippen molar-refractivity contribution in [2.45, 2.75) is 84.0 Å². The van der Waals surface area contributed by atoms with E-state index in [1.54, 1.807) is 12.1 Å². The van der Waals surface area contributed by atoms with Gasteiger partial charge in [0.05, 0.1) is 6.04 Å². The van der Waals surface area contributed by atoms with Crippen molar-refractivity contribution in [3.05, 3.63) is 29.8 Å². The first kappa shape index (κ1) is 29.1. The van der Waals surface area contributed by atoms with Crippen molar-refractivity contribution < 1.29 is 29.4 Å². The first-order chi connectivity index (χ1) is 16.9. The Balaban J connectivity index is 2.22. The van der Waals surface area contributed by atoms with E-state index in [0.29, 0.717) is 24.9 Å². The molecule has 5 unspecified atom stereocenters. The van der Waals surface area contributed by atoms with E-state index in [9.17, 15) is 29.4 Å². The molecule has 36 heavy (non-hydrogen) atoms. The Kier molecular flexibility index (Phi) is 10.7. The molecule has 0 bridgehead atoms. The van der Waals surface area contributed by atoms with E-state index in [-0.39, 0.29) is 36.3 Å². The van der Waals surface area contributed by atoms with Crippen LogP contribution in [0.3, 0.4) is 0 Å². The highest BCUT2D eigenvalue weighted by Gasteiger charge is 2.38. The number of hydrogen-bond acceptors (Lipinski definition) is 6. The summed E-state index contributed by atoms with van der Waals surface area (Å²) in [7, 11) is 0. The smallest absolute Gasteiger partial charge is 0.326 e. The Bertz CT molecular complexity index is 920. The number of carbonyl (C=O) groups excluding carboxylic acids is 3. The summed E-state index contributed by atoms with van der Waals surface area (Å²) in [6, 6.07) is 2.55. The van der Waals surface area contributed by atoms with Crippen molar-refractivity contribution >= 4 is 23.7 Å². The van der Waals surface area contributed by atoms with Crippen LogP contribution in [0.15, 0.2) is 24.3 Å². The van der Waals surface area contributed by atoms with Crippen LogP contribution in [-0.4, -0.2) is 69.5 Å². The molecular weight excluding hydrogens is 464 g/mol. The number of carboxylic acids is 1. The molecule has 1 saturated heterocycles. The zero-order chi connectivity index (χ0) is 27.0. The minimum atomic E-state index is -1.15. The van der Waals surface area contributed by atoms with E-state index in [1.165, 1.54) is 17.0 Å². The van der Waals surface area contributed by atoms with Crippen molar-refractivity contribution in [3.63, 3.8) is 0 Å². The molecule has 10 heteroatoms. The van der Waals surface area contributed by atoms with Gasteiger partial charge in [0.1, 0.15) is 23.9 Å². The zero-order valence-corrected chi connectivity index (χ0v) is 21.6.